The zero-order chi connectivity index (χ0) is 19.3. The molecule has 2 heterocycles. The van der Waals surface area contributed by atoms with Crippen LogP contribution < -0.4 is 4.74 Å². The van der Waals surface area contributed by atoms with E-state index in [1.165, 1.54) is 23.8 Å². The number of hydrogen-bond acceptors (Lipinski definition) is 4. The average Bonchev–Trinajstić information content (AvgIpc) is 3.15. The Morgan fingerprint density at radius 2 is 2.18 bits per heavy atom. The van der Waals surface area contributed by atoms with E-state index < -0.39 is 5.97 Å². The van der Waals surface area contributed by atoms with Crippen molar-refractivity contribution >= 4 is 16.9 Å². The zero-order valence-electron chi connectivity index (χ0n) is 15.8. The number of nitrogens with one attached hydrogen (secondary N) is 1. The van der Waals surface area contributed by atoms with E-state index in [2.05, 4.69) is 39.4 Å². The van der Waals surface area contributed by atoms with Crippen molar-refractivity contribution in [2.75, 3.05) is 19.7 Å². The maximum absolute atomic E-state index is 10.7. The van der Waals surface area contributed by atoms with Gasteiger partial charge in [-0.25, -0.2) is 4.79 Å². The Kier molecular flexibility index (Phi) is 5.58. The van der Waals surface area contributed by atoms with Gasteiger partial charge in [0.2, 0.25) is 0 Å². The van der Waals surface area contributed by atoms with Crippen molar-refractivity contribution in [2.45, 2.75) is 25.8 Å². The lowest BCUT2D eigenvalue weighted by atomic mass is 9.90. The van der Waals surface area contributed by atoms with Gasteiger partial charge in [-0.2, -0.15) is 5.10 Å². The highest BCUT2D eigenvalue weighted by molar-refractivity contribution is 5.78. The molecule has 146 valence electrons. The number of rotatable bonds is 7. The molecule has 0 aliphatic carbocycles. The summed E-state index contributed by atoms with van der Waals surface area (Å²) in [4.78, 5) is 13.2. The van der Waals surface area contributed by atoms with Crippen LogP contribution in [0.15, 0.2) is 48.7 Å². The molecule has 6 heteroatoms. The number of benzene rings is 2. The quantitative estimate of drug-likeness (QED) is 0.657. The molecule has 1 aromatic heterocycles. The third-order valence-electron chi connectivity index (χ3n) is 5.30. The highest BCUT2D eigenvalue weighted by atomic mass is 16.5. The van der Waals surface area contributed by atoms with E-state index in [4.69, 9.17) is 9.84 Å². The number of H-pyrrole nitrogens is 1. The van der Waals surface area contributed by atoms with Crippen LogP contribution in [0.5, 0.6) is 5.75 Å². The van der Waals surface area contributed by atoms with Crippen LogP contribution in [0.1, 0.15) is 24.0 Å². The lowest BCUT2D eigenvalue weighted by molar-refractivity contribution is -0.139. The molecule has 2 N–H and O–H groups in total. The number of ether oxygens (including phenoxy) is 1. The van der Waals surface area contributed by atoms with E-state index in [9.17, 15) is 4.79 Å². The molecule has 0 saturated carbocycles. The fourth-order valence-corrected chi connectivity index (χ4v) is 4.05. The molecule has 0 amide bonds. The molecule has 0 spiro atoms. The molecule has 1 unspecified atom stereocenters. The van der Waals surface area contributed by atoms with Gasteiger partial charge in [0.1, 0.15) is 5.75 Å². The first-order valence-electron chi connectivity index (χ1n) is 9.73. The SMILES string of the molecule is O=C(O)COc1cccc(CN2CCCC(Cc3ccc4[nH]ncc4c3)C2)c1. The first kappa shape index (κ1) is 18.5. The monoisotopic (exact) mass is 379 g/mol. The van der Waals surface area contributed by atoms with Crippen molar-refractivity contribution < 1.29 is 14.6 Å². The summed E-state index contributed by atoms with van der Waals surface area (Å²) in [5.41, 5.74) is 3.60. The predicted octanol–water partition coefficient (Wildman–Crippen LogP) is 3.48. The number of likely N-dealkylation sites (tertiary alicyclic amines) is 1. The second kappa shape index (κ2) is 8.44. The lowest BCUT2D eigenvalue weighted by Crippen LogP contribution is -2.35. The van der Waals surface area contributed by atoms with Gasteiger partial charge in [0.15, 0.2) is 6.61 Å². The molecule has 1 atom stereocenters. The molecular formula is C22H25N3O3. The van der Waals surface area contributed by atoms with Gasteiger partial charge in [0, 0.05) is 18.5 Å². The normalized spacial score (nSPS) is 17.6. The molecule has 1 fully saturated rings. The number of hydrogen-bond donors (Lipinski definition) is 2. The van der Waals surface area contributed by atoms with Gasteiger partial charge in [-0.05, 0) is 67.1 Å². The van der Waals surface area contributed by atoms with Crippen LogP contribution in [0, 0.1) is 5.92 Å². The lowest BCUT2D eigenvalue weighted by Gasteiger charge is -2.33. The highest BCUT2D eigenvalue weighted by Gasteiger charge is 2.20. The van der Waals surface area contributed by atoms with Crippen LogP contribution in [-0.4, -0.2) is 45.9 Å². The van der Waals surface area contributed by atoms with Gasteiger partial charge < -0.3 is 9.84 Å². The number of piperidine rings is 1. The van der Waals surface area contributed by atoms with Crippen molar-refractivity contribution in [2.24, 2.45) is 5.92 Å². The van der Waals surface area contributed by atoms with Crippen LogP contribution in [-0.2, 0) is 17.8 Å². The molecule has 0 radical (unpaired) electrons. The fraction of sp³-hybridized carbons (Fsp3) is 0.364. The van der Waals surface area contributed by atoms with E-state index >= 15 is 0 Å². The first-order chi connectivity index (χ1) is 13.7. The van der Waals surface area contributed by atoms with Crippen LogP contribution in [0.25, 0.3) is 10.9 Å². The Hall–Kier alpha value is -2.86. The standard InChI is InChI=1S/C22H25N3O3/c26-22(27)15-28-20-5-1-3-18(11-20)14-25-8-2-4-17(13-25)9-16-6-7-21-19(10-16)12-23-24-21/h1,3,5-7,10-12,17H,2,4,8-9,13-15H2,(H,23,24)(H,26,27). The van der Waals surface area contributed by atoms with Gasteiger partial charge in [-0.1, -0.05) is 18.2 Å². The van der Waals surface area contributed by atoms with E-state index in [0.29, 0.717) is 11.7 Å². The zero-order valence-corrected chi connectivity index (χ0v) is 15.8. The molecule has 28 heavy (non-hydrogen) atoms. The summed E-state index contributed by atoms with van der Waals surface area (Å²) in [7, 11) is 0. The van der Waals surface area contributed by atoms with Crippen LogP contribution in [0.3, 0.4) is 0 Å². The predicted molar refractivity (Wildman–Crippen MR) is 107 cm³/mol. The summed E-state index contributed by atoms with van der Waals surface area (Å²) in [5, 5.41) is 17.0. The topological polar surface area (TPSA) is 78.5 Å². The van der Waals surface area contributed by atoms with Crippen LogP contribution >= 0.6 is 0 Å². The van der Waals surface area contributed by atoms with Gasteiger partial charge in [-0.3, -0.25) is 10.00 Å². The van der Waals surface area contributed by atoms with Gasteiger partial charge in [0.05, 0.1) is 11.7 Å². The Balaban J connectivity index is 1.35. The minimum absolute atomic E-state index is 0.309. The second-order valence-electron chi connectivity index (χ2n) is 7.57. The van der Waals surface area contributed by atoms with Crippen LogP contribution in [0.4, 0.5) is 0 Å². The molecule has 2 aromatic carbocycles. The fourth-order valence-electron chi connectivity index (χ4n) is 4.05. The first-order valence-corrected chi connectivity index (χ1v) is 9.73. The van der Waals surface area contributed by atoms with E-state index in [1.807, 2.05) is 18.3 Å². The number of carbonyl (C=O) groups is 1. The number of nitrogens with zero attached hydrogens (tertiary/aromatic N) is 2. The van der Waals surface area contributed by atoms with E-state index in [-0.39, 0.29) is 6.61 Å². The van der Waals surface area contributed by atoms with E-state index in [1.54, 1.807) is 6.07 Å². The van der Waals surface area contributed by atoms with Crippen LogP contribution in [0.2, 0.25) is 0 Å². The highest BCUT2D eigenvalue weighted by Crippen LogP contribution is 2.24. The molecule has 1 saturated heterocycles. The smallest absolute Gasteiger partial charge is 0.341 e. The van der Waals surface area contributed by atoms with Crippen molar-refractivity contribution in [3.8, 4) is 5.75 Å². The average molecular weight is 379 g/mol. The number of aromatic amines is 1. The molecule has 1 aliphatic rings. The Bertz CT molecular complexity index is 953. The van der Waals surface area contributed by atoms with Gasteiger partial charge >= 0.3 is 5.97 Å². The maximum atomic E-state index is 10.7. The molecule has 0 bridgehead atoms. The number of aliphatic carboxylic acids is 1. The Morgan fingerprint density at radius 1 is 1.25 bits per heavy atom. The largest absolute Gasteiger partial charge is 0.482 e. The van der Waals surface area contributed by atoms with Gasteiger partial charge in [-0.15, -0.1) is 0 Å². The molecule has 4 rings (SSSR count). The van der Waals surface area contributed by atoms with Crippen molar-refractivity contribution in [3.05, 3.63) is 59.8 Å². The minimum atomic E-state index is -0.960. The Morgan fingerprint density at radius 3 is 3.07 bits per heavy atom. The van der Waals surface area contributed by atoms with Gasteiger partial charge in [0.25, 0.3) is 0 Å². The summed E-state index contributed by atoms with van der Waals surface area (Å²) in [6.45, 7) is 2.72. The van der Waals surface area contributed by atoms with Crippen molar-refractivity contribution in [1.29, 1.82) is 0 Å². The summed E-state index contributed by atoms with van der Waals surface area (Å²) in [5.74, 6) is 0.296. The number of fused-ring (bicyclic) bond motifs is 1. The number of carboxylic acids is 1. The summed E-state index contributed by atoms with van der Waals surface area (Å²) in [6, 6.07) is 14.3. The third kappa shape index (κ3) is 4.70. The summed E-state index contributed by atoms with van der Waals surface area (Å²) < 4.78 is 5.30. The molecule has 6 nitrogen and oxygen atoms in total. The van der Waals surface area contributed by atoms with Crippen molar-refractivity contribution in [3.63, 3.8) is 0 Å². The molecular weight excluding hydrogens is 354 g/mol. The maximum Gasteiger partial charge on any atom is 0.341 e. The summed E-state index contributed by atoms with van der Waals surface area (Å²) in [6.07, 6.45) is 5.42. The van der Waals surface area contributed by atoms with Crippen molar-refractivity contribution in [1.82, 2.24) is 15.1 Å². The number of carboxylic acid groups (broad SMARTS) is 1. The van der Waals surface area contributed by atoms with E-state index in [0.717, 1.165) is 37.1 Å². The molecule has 3 aromatic rings. The third-order valence-corrected chi connectivity index (χ3v) is 5.30. The minimum Gasteiger partial charge on any atom is -0.482 e. The Labute approximate surface area is 164 Å². The number of aromatic nitrogens is 2. The summed E-state index contributed by atoms with van der Waals surface area (Å²) >= 11 is 0. The molecule has 1 aliphatic heterocycles. The second-order valence-corrected chi connectivity index (χ2v) is 7.57.